The molecule has 5 rings (SSSR count). The lowest BCUT2D eigenvalue weighted by molar-refractivity contribution is -0.146. The number of fused-ring (bicyclic) bond motifs is 1. The van der Waals surface area contributed by atoms with E-state index < -0.39 is 0 Å². The monoisotopic (exact) mass is 512 g/mol. The molecule has 7 nitrogen and oxygen atoms in total. The number of rotatable bonds is 9. The highest BCUT2D eigenvalue weighted by Crippen LogP contribution is 2.35. The van der Waals surface area contributed by atoms with Gasteiger partial charge in [-0.3, -0.25) is 9.59 Å². The third-order valence-corrected chi connectivity index (χ3v) is 8.65. The Morgan fingerprint density at radius 1 is 1.14 bits per heavy atom. The SMILES string of the molecule is COc1cccc(OCC2c3ccsc3CCN2C(=O)CN(CC2CCCO2)C(=O)C2CCCC2)c1. The van der Waals surface area contributed by atoms with Crippen molar-refractivity contribution in [1.82, 2.24) is 9.80 Å². The van der Waals surface area contributed by atoms with E-state index >= 15 is 0 Å². The maximum Gasteiger partial charge on any atom is 0.242 e. The highest BCUT2D eigenvalue weighted by atomic mass is 32.1. The van der Waals surface area contributed by atoms with E-state index in [1.54, 1.807) is 23.3 Å². The smallest absolute Gasteiger partial charge is 0.242 e. The molecule has 2 fully saturated rings. The van der Waals surface area contributed by atoms with Crippen LogP contribution in [0.2, 0.25) is 0 Å². The Bertz CT molecular complexity index is 1040. The van der Waals surface area contributed by atoms with Crippen molar-refractivity contribution < 1.29 is 23.8 Å². The molecule has 2 atom stereocenters. The molecule has 1 saturated carbocycles. The fraction of sp³-hybridized carbons (Fsp3) is 0.571. The van der Waals surface area contributed by atoms with Crippen LogP contribution in [0.25, 0.3) is 0 Å². The molecule has 1 saturated heterocycles. The van der Waals surface area contributed by atoms with E-state index in [0.29, 0.717) is 25.4 Å². The summed E-state index contributed by atoms with van der Waals surface area (Å²) in [6.45, 7) is 2.32. The molecule has 0 radical (unpaired) electrons. The molecule has 2 aliphatic heterocycles. The standard InChI is InChI=1S/C28H36N2O5S/c1-33-21-8-4-9-22(16-21)35-19-25-24-12-15-36-26(24)11-13-30(25)27(31)18-29(17-23-10-5-14-34-23)28(32)20-6-2-3-7-20/h4,8-9,12,15-16,20,23,25H,2-3,5-7,10-11,13-14,17-19H2,1H3. The van der Waals surface area contributed by atoms with E-state index in [9.17, 15) is 9.59 Å². The van der Waals surface area contributed by atoms with Gasteiger partial charge in [0.25, 0.3) is 0 Å². The summed E-state index contributed by atoms with van der Waals surface area (Å²) in [5.41, 5.74) is 1.15. The Morgan fingerprint density at radius 2 is 1.97 bits per heavy atom. The van der Waals surface area contributed by atoms with Crippen LogP contribution in [-0.2, 0) is 20.7 Å². The number of benzene rings is 1. The fourth-order valence-corrected chi connectivity index (χ4v) is 6.62. The van der Waals surface area contributed by atoms with Gasteiger partial charge in [-0.1, -0.05) is 18.9 Å². The Balaban J connectivity index is 1.31. The van der Waals surface area contributed by atoms with Gasteiger partial charge >= 0.3 is 0 Å². The molecule has 8 heteroatoms. The van der Waals surface area contributed by atoms with Crippen molar-refractivity contribution in [2.24, 2.45) is 5.92 Å². The van der Waals surface area contributed by atoms with E-state index in [1.807, 2.05) is 29.2 Å². The van der Waals surface area contributed by atoms with Crippen LogP contribution in [-0.4, -0.2) is 67.7 Å². The largest absolute Gasteiger partial charge is 0.497 e. The first kappa shape index (κ1) is 25.1. The van der Waals surface area contributed by atoms with Crippen molar-refractivity contribution in [3.05, 3.63) is 46.2 Å². The molecule has 3 heterocycles. The van der Waals surface area contributed by atoms with Gasteiger partial charge in [0.1, 0.15) is 18.1 Å². The van der Waals surface area contributed by atoms with E-state index in [-0.39, 0.29) is 36.4 Å². The number of carbonyl (C=O) groups excluding carboxylic acids is 2. The Kier molecular flexibility index (Phi) is 8.12. The van der Waals surface area contributed by atoms with Gasteiger partial charge in [-0.15, -0.1) is 11.3 Å². The maximum absolute atomic E-state index is 13.8. The van der Waals surface area contributed by atoms with Gasteiger partial charge in [-0.25, -0.2) is 0 Å². The predicted octanol–water partition coefficient (Wildman–Crippen LogP) is 4.46. The minimum Gasteiger partial charge on any atom is -0.497 e. The molecule has 2 unspecified atom stereocenters. The molecule has 1 aromatic carbocycles. The summed E-state index contributed by atoms with van der Waals surface area (Å²) in [7, 11) is 1.63. The van der Waals surface area contributed by atoms with Crippen molar-refractivity contribution in [1.29, 1.82) is 0 Å². The van der Waals surface area contributed by atoms with Crippen molar-refractivity contribution >= 4 is 23.2 Å². The zero-order valence-electron chi connectivity index (χ0n) is 21.0. The zero-order chi connectivity index (χ0) is 24.9. The predicted molar refractivity (Wildman–Crippen MR) is 138 cm³/mol. The summed E-state index contributed by atoms with van der Waals surface area (Å²) in [6.07, 6.45) is 6.85. The number of hydrogen-bond donors (Lipinski definition) is 0. The molecule has 0 spiro atoms. The lowest BCUT2D eigenvalue weighted by Crippen LogP contribution is -2.50. The highest BCUT2D eigenvalue weighted by Gasteiger charge is 2.36. The topological polar surface area (TPSA) is 68.3 Å². The van der Waals surface area contributed by atoms with Gasteiger partial charge in [-0.2, -0.15) is 0 Å². The van der Waals surface area contributed by atoms with Gasteiger partial charge in [0.05, 0.1) is 25.8 Å². The molecule has 36 heavy (non-hydrogen) atoms. The van der Waals surface area contributed by atoms with Gasteiger partial charge in [-0.05, 0) is 61.2 Å². The third kappa shape index (κ3) is 5.70. The summed E-state index contributed by atoms with van der Waals surface area (Å²) in [4.78, 5) is 32.2. The molecule has 1 aromatic heterocycles. The van der Waals surface area contributed by atoms with Crippen LogP contribution in [0, 0.1) is 5.92 Å². The number of thiophene rings is 1. The van der Waals surface area contributed by atoms with Crippen molar-refractivity contribution in [2.45, 2.75) is 57.1 Å². The van der Waals surface area contributed by atoms with Crippen LogP contribution in [0.4, 0.5) is 0 Å². The number of hydrogen-bond acceptors (Lipinski definition) is 6. The van der Waals surface area contributed by atoms with E-state index in [4.69, 9.17) is 14.2 Å². The first-order valence-electron chi connectivity index (χ1n) is 13.2. The Hall–Kier alpha value is -2.58. The average molecular weight is 513 g/mol. The van der Waals surface area contributed by atoms with Crippen LogP contribution in [0.15, 0.2) is 35.7 Å². The summed E-state index contributed by atoms with van der Waals surface area (Å²) >= 11 is 1.73. The van der Waals surface area contributed by atoms with Crippen LogP contribution < -0.4 is 9.47 Å². The molecule has 2 amide bonds. The van der Waals surface area contributed by atoms with E-state index in [0.717, 1.165) is 62.9 Å². The zero-order valence-corrected chi connectivity index (χ0v) is 21.8. The van der Waals surface area contributed by atoms with Gasteiger partial charge in [0.15, 0.2) is 0 Å². The highest BCUT2D eigenvalue weighted by molar-refractivity contribution is 7.10. The van der Waals surface area contributed by atoms with Gasteiger partial charge < -0.3 is 24.0 Å². The summed E-state index contributed by atoms with van der Waals surface area (Å²) < 4.78 is 17.3. The lowest BCUT2D eigenvalue weighted by Gasteiger charge is -2.37. The van der Waals surface area contributed by atoms with Crippen molar-refractivity contribution in [3.63, 3.8) is 0 Å². The number of nitrogens with zero attached hydrogens (tertiary/aromatic N) is 2. The lowest BCUT2D eigenvalue weighted by atomic mass is 10.00. The van der Waals surface area contributed by atoms with Crippen molar-refractivity contribution in [3.8, 4) is 11.5 Å². The first-order valence-corrected chi connectivity index (χ1v) is 14.0. The van der Waals surface area contributed by atoms with Crippen LogP contribution in [0.5, 0.6) is 11.5 Å². The molecule has 194 valence electrons. The van der Waals surface area contributed by atoms with E-state index in [2.05, 4.69) is 11.4 Å². The molecule has 1 aliphatic carbocycles. The molecule has 0 N–H and O–H groups in total. The molecule has 2 aromatic rings. The molecule has 3 aliphatic rings. The number of amides is 2. The molecular weight excluding hydrogens is 476 g/mol. The maximum atomic E-state index is 13.8. The van der Waals surface area contributed by atoms with Crippen LogP contribution >= 0.6 is 11.3 Å². The van der Waals surface area contributed by atoms with Crippen LogP contribution in [0.3, 0.4) is 0 Å². The third-order valence-electron chi connectivity index (χ3n) is 7.65. The summed E-state index contributed by atoms with van der Waals surface area (Å²) in [5.74, 6) is 1.58. The second-order valence-electron chi connectivity index (χ2n) is 9.98. The fourth-order valence-electron chi connectivity index (χ4n) is 5.69. The number of carbonyl (C=O) groups is 2. The first-order chi connectivity index (χ1) is 17.6. The summed E-state index contributed by atoms with van der Waals surface area (Å²) in [6, 6.07) is 9.44. The quantitative estimate of drug-likeness (QED) is 0.496. The number of ether oxygens (including phenoxy) is 3. The minimum absolute atomic E-state index is 0.0181. The Morgan fingerprint density at radius 3 is 2.75 bits per heavy atom. The Labute approximate surface area is 217 Å². The minimum atomic E-state index is -0.190. The summed E-state index contributed by atoms with van der Waals surface area (Å²) in [5, 5.41) is 2.09. The van der Waals surface area contributed by atoms with E-state index in [1.165, 1.54) is 4.88 Å². The van der Waals surface area contributed by atoms with Gasteiger partial charge in [0.2, 0.25) is 11.8 Å². The number of methoxy groups -OCH3 is 1. The molecular formula is C28H36N2O5S. The van der Waals surface area contributed by atoms with Crippen LogP contribution in [0.1, 0.15) is 55.0 Å². The normalized spacial score (nSPS) is 21.9. The average Bonchev–Trinajstić information content (AvgIpc) is 3.69. The van der Waals surface area contributed by atoms with Gasteiger partial charge in [0, 0.05) is 36.6 Å². The molecule has 0 bridgehead atoms. The van der Waals surface area contributed by atoms with Crippen molar-refractivity contribution in [2.75, 3.05) is 40.0 Å². The second-order valence-corrected chi connectivity index (χ2v) is 11.0. The second kappa shape index (κ2) is 11.6.